The first-order chi connectivity index (χ1) is 9.48. The third-order valence-electron chi connectivity index (χ3n) is 4.03. The zero-order valence-corrected chi connectivity index (χ0v) is 12.9. The van der Waals surface area contributed by atoms with Crippen LogP contribution in [0.4, 0.5) is 0 Å². The summed E-state index contributed by atoms with van der Waals surface area (Å²) in [6.45, 7) is 8.70. The summed E-state index contributed by atoms with van der Waals surface area (Å²) in [5.74, 6) is 1.30. The van der Waals surface area contributed by atoms with Gasteiger partial charge in [-0.1, -0.05) is 12.1 Å². The van der Waals surface area contributed by atoms with Crippen molar-refractivity contribution in [2.24, 2.45) is 5.92 Å². The Morgan fingerprint density at radius 2 is 2.10 bits per heavy atom. The lowest BCUT2D eigenvalue weighted by Gasteiger charge is -2.30. The summed E-state index contributed by atoms with van der Waals surface area (Å²) in [6.07, 6.45) is 2.23. The zero-order valence-electron chi connectivity index (χ0n) is 12.9. The van der Waals surface area contributed by atoms with E-state index in [0.717, 1.165) is 24.2 Å². The molecule has 0 amide bonds. The average molecular weight is 272 g/mol. The number of ether oxygens (including phenoxy) is 1. The summed E-state index contributed by atoms with van der Waals surface area (Å²) in [4.78, 5) is 0. The molecule has 1 atom stereocenters. The van der Waals surface area contributed by atoms with Gasteiger partial charge in [0.1, 0.15) is 17.9 Å². The fraction of sp³-hybridized carbons (Fsp3) is 0.588. The van der Waals surface area contributed by atoms with E-state index in [-0.39, 0.29) is 6.04 Å². The maximum absolute atomic E-state index is 9.65. The van der Waals surface area contributed by atoms with E-state index in [4.69, 9.17) is 4.74 Å². The summed E-state index contributed by atoms with van der Waals surface area (Å²) in [5.41, 5.74) is 1.82. The van der Waals surface area contributed by atoms with Crippen LogP contribution in [0.1, 0.15) is 37.8 Å². The number of nitrogens with zero attached hydrogens (tertiary/aromatic N) is 1. The molecule has 0 saturated heterocycles. The fourth-order valence-electron chi connectivity index (χ4n) is 2.60. The average Bonchev–Trinajstić information content (AvgIpc) is 3.23. The molecule has 0 aromatic heterocycles. The van der Waals surface area contributed by atoms with Crippen LogP contribution in [0, 0.1) is 31.1 Å². The van der Waals surface area contributed by atoms with Crippen molar-refractivity contribution in [1.82, 2.24) is 5.32 Å². The highest BCUT2D eigenvalue weighted by Crippen LogP contribution is 2.40. The Balaban J connectivity index is 2.13. The van der Waals surface area contributed by atoms with Crippen LogP contribution in [0.25, 0.3) is 0 Å². The Bertz CT molecular complexity index is 514. The Hall–Kier alpha value is -1.53. The molecular weight excluding hydrogens is 248 g/mol. The molecule has 0 spiro atoms. The number of hydrogen-bond acceptors (Lipinski definition) is 3. The van der Waals surface area contributed by atoms with Gasteiger partial charge in [0.25, 0.3) is 0 Å². The highest BCUT2D eigenvalue weighted by atomic mass is 16.5. The normalized spacial score (nSPS) is 17.6. The molecule has 1 aromatic carbocycles. The topological polar surface area (TPSA) is 45.0 Å². The van der Waals surface area contributed by atoms with Gasteiger partial charge in [-0.2, -0.15) is 5.26 Å². The van der Waals surface area contributed by atoms with Crippen molar-refractivity contribution < 1.29 is 4.74 Å². The van der Waals surface area contributed by atoms with E-state index < -0.39 is 5.54 Å². The van der Waals surface area contributed by atoms with Crippen LogP contribution in [-0.4, -0.2) is 18.2 Å². The van der Waals surface area contributed by atoms with Gasteiger partial charge in [-0.05, 0) is 63.6 Å². The summed E-state index contributed by atoms with van der Waals surface area (Å²) in [5, 5.41) is 13.1. The maximum Gasteiger partial charge on any atom is 0.144 e. The third kappa shape index (κ3) is 3.13. The van der Waals surface area contributed by atoms with Gasteiger partial charge in [0.2, 0.25) is 0 Å². The first-order valence-electron chi connectivity index (χ1n) is 7.36. The van der Waals surface area contributed by atoms with Gasteiger partial charge in [-0.25, -0.2) is 0 Å². The van der Waals surface area contributed by atoms with E-state index in [1.54, 1.807) is 0 Å². The smallest absolute Gasteiger partial charge is 0.144 e. The second kappa shape index (κ2) is 5.85. The van der Waals surface area contributed by atoms with Crippen LogP contribution in [0.3, 0.4) is 0 Å². The Labute approximate surface area is 121 Å². The highest BCUT2D eigenvalue weighted by Gasteiger charge is 2.46. The minimum atomic E-state index is -0.551. The van der Waals surface area contributed by atoms with E-state index in [1.165, 1.54) is 5.56 Å². The largest absolute Gasteiger partial charge is 0.490 e. The molecule has 1 aromatic rings. The second-order valence-electron chi connectivity index (χ2n) is 6.14. The van der Waals surface area contributed by atoms with Crippen LogP contribution in [0.5, 0.6) is 5.75 Å². The van der Waals surface area contributed by atoms with Crippen molar-refractivity contribution in [3.63, 3.8) is 0 Å². The van der Waals surface area contributed by atoms with E-state index in [0.29, 0.717) is 12.5 Å². The van der Waals surface area contributed by atoms with Crippen molar-refractivity contribution in [2.75, 3.05) is 6.61 Å². The predicted molar refractivity (Wildman–Crippen MR) is 80.8 cm³/mol. The molecule has 3 nitrogen and oxygen atoms in total. The summed E-state index contributed by atoms with van der Waals surface area (Å²) in [7, 11) is 0. The number of hydrogen-bond donors (Lipinski definition) is 1. The predicted octanol–water partition coefficient (Wildman–Crippen LogP) is 3.35. The molecule has 1 aliphatic rings. The quantitative estimate of drug-likeness (QED) is 0.863. The summed E-state index contributed by atoms with van der Waals surface area (Å²) in [6, 6.07) is 8.81. The molecule has 3 heteroatoms. The lowest BCUT2D eigenvalue weighted by molar-refractivity contribution is 0.191. The second-order valence-corrected chi connectivity index (χ2v) is 6.14. The van der Waals surface area contributed by atoms with Crippen molar-refractivity contribution in [1.29, 1.82) is 5.26 Å². The van der Waals surface area contributed by atoms with Crippen LogP contribution >= 0.6 is 0 Å². The first-order valence-corrected chi connectivity index (χ1v) is 7.36. The molecule has 2 rings (SSSR count). The lowest BCUT2D eigenvalue weighted by atomic mass is 9.95. The summed E-state index contributed by atoms with van der Waals surface area (Å²) < 4.78 is 5.99. The van der Waals surface area contributed by atoms with Gasteiger partial charge in [-0.3, -0.25) is 5.32 Å². The SMILES string of the molecule is Cc1cccc(OCC(C#N)(NC(C)C)C2CC2)c1C. The molecule has 0 bridgehead atoms. The van der Waals surface area contributed by atoms with Crippen LogP contribution in [0.2, 0.25) is 0 Å². The molecule has 1 aliphatic carbocycles. The number of aryl methyl sites for hydroxylation is 1. The molecule has 1 unspecified atom stereocenters. The van der Waals surface area contributed by atoms with Crippen molar-refractivity contribution in [2.45, 2.75) is 52.1 Å². The highest BCUT2D eigenvalue weighted by molar-refractivity contribution is 5.38. The van der Waals surface area contributed by atoms with E-state index in [2.05, 4.69) is 45.1 Å². The molecule has 1 saturated carbocycles. The van der Waals surface area contributed by atoms with Crippen molar-refractivity contribution in [3.8, 4) is 11.8 Å². The Kier molecular flexibility index (Phi) is 4.35. The van der Waals surface area contributed by atoms with Gasteiger partial charge in [-0.15, -0.1) is 0 Å². The molecule has 0 radical (unpaired) electrons. The number of benzene rings is 1. The number of nitriles is 1. The maximum atomic E-state index is 9.65. The third-order valence-corrected chi connectivity index (χ3v) is 4.03. The van der Waals surface area contributed by atoms with Crippen molar-refractivity contribution >= 4 is 0 Å². The number of nitrogens with one attached hydrogen (secondary N) is 1. The first kappa shape index (κ1) is 14.9. The molecule has 20 heavy (non-hydrogen) atoms. The molecule has 0 aliphatic heterocycles. The summed E-state index contributed by atoms with van der Waals surface area (Å²) >= 11 is 0. The molecule has 108 valence electrons. The van der Waals surface area contributed by atoms with Crippen LogP contribution in [0.15, 0.2) is 18.2 Å². The van der Waals surface area contributed by atoms with Gasteiger partial charge < -0.3 is 4.74 Å². The monoisotopic (exact) mass is 272 g/mol. The Morgan fingerprint density at radius 1 is 1.40 bits per heavy atom. The number of rotatable bonds is 6. The van der Waals surface area contributed by atoms with Gasteiger partial charge in [0.15, 0.2) is 0 Å². The fourth-order valence-corrected chi connectivity index (χ4v) is 2.60. The molecule has 1 fully saturated rings. The molecular formula is C17H24N2O. The van der Waals surface area contributed by atoms with E-state index in [1.807, 2.05) is 12.1 Å². The van der Waals surface area contributed by atoms with Crippen LogP contribution < -0.4 is 10.1 Å². The standard InChI is InChI=1S/C17H24N2O/c1-12(2)19-17(10-18,15-8-9-15)11-20-16-7-5-6-13(3)14(16)4/h5-7,12,15,19H,8-9,11H2,1-4H3. The Morgan fingerprint density at radius 3 is 2.65 bits per heavy atom. The minimum absolute atomic E-state index is 0.275. The van der Waals surface area contributed by atoms with Gasteiger partial charge >= 0.3 is 0 Å². The van der Waals surface area contributed by atoms with Gasteiger partial charge in [0.05, 0.1) is 6.07 Å². The van der Waals surface area contributed by atoms with E-state index in [9.17, 15) is 5.26 Å². The molecule has 1 N–H and O–H groups in total. The van der Waals surface area contributed by atoms with Crippen LogP contribution in [-0.2, 0) is 0 Å². The zero-order chi connectivity index (χ0) is 14.8. The van der Waals surface area contributed by atoms with E-state index >= 15 is 0 Å². The minimum Gasteiger partial charge on any atom is -0.490 e. The van der Waals surface area contributed by atoms with Gasteiger partial charge in [0, 0.05) is 6.04 Å². The van der Waals surface area contributed by atoms with Crippen molar-refractivity contribution in [3.05, 3.63) is 29.3 Å². The molecule has 0 heterocycles. The lowest BCUT2D eigenvalue weighted by Crippen LogP contribution is -2.53.